The molecule has 30 heavy (non-hydrogen) atoms. The largest absolute Gasteiger partial charge is 0.422 e. The van der Waals surface area contributed by atoms with Crippen LogP contribution < -0.4 is 9.47 Å². The summed E-state index contributed by atoms with van der Waals surface area (Å²) in [5, 5.41) is 1.22. The van der Waals surface area contributed by atoms with Gasteiger partial charge in [-0.3, -0.25) is 0 Å². The Bertz CT molecular complexity index is 1170. The van der Waals surface area contributed by atoms with Crippen molar-refractivity contribution in [3.05, 3.63) is 105 Å². The van der Waals surface area contributed by atoms with Gasteiger partial charge in [0.2, 0.25) is 0 Å². The van der Waals surface area contributed by atoms with Crippen LogP contribution in [0.1, 0.15) is 20.7 Å². The van der Waals surface area contributed by atoms with Gasteiger partial charge in [0.25, 0.3) is 0 Å². The summed E-state index contributed by atoms with van der Waals surface area (Å²) in [6.07, 6.45) is 0. The minimum absolute atomic E-state index is 0.360. The molecule has 0 amide bonds. The predicted octanol–water partition coefficient (Wildman–Crippen LogP) is 6.80. The van der Waals surface area contributed by atoms with E-state index in [0.717, 1.165) is 0 Å². The van der Waals surface area contributed by atoms with Crippen molar-refractivity contribution < 1.29 is 19.1 Å². The molecule has 0 aliphatic heterocycles. The Kier molecular flexibility index (Phi) is 5.97. The molecule has 0 N–H and O–H groups in total. The summed E-state index contributed by atoms with van der Waals surface area (Å²) >= 11 is 6.75. The fraction of sp³-hybridized carbons (Fsp3) is 0. The number of hydrogen-bond donors (Lipinski definition) is 0. The average molecular weight is 526 g/mol. The van der Waals surface area contributed by atoms with Gasteiger partial charge >= 0.3 is 11.9 Å². The van der Waals surface area contributed by atoms with Crippen molar-refractivity contribution in [2.75, 3.05) is 0 Å². The van der Waals surface area contributed by atoms with Crippen molar-refractivity contribution in [1.29, 1.82) is 0 Å². The Morgan fingerprint density at radius 1 is 0.533 bits per heavy atom. The summed E-state index contributed by atoms with van der Waals surface area (Å²) < 4.78 is 12.4. The van der Waals surface area contributed by atoms with Crippen LogP contribution in [-0.4, -0.2) is 11.9 Å². The molecule has 0 saturated heterocycles. The van der Waals surface area contributed by atoms with E-state index in [-0.39, 0.29) is 0 Å². The molecule has 0 aliphatic carbocycles. The summed E-state index contributed by atoms with van der Waals surface area (Å²) in [5.74, 6) is -0.180. The zero-order chi connectivity index (χ0) is 21.1. The fourth-order valence-corrected chi connectivity index (χ4v) is 3.75. The van der Waals surface area contributed by atoms with Gasteiger partial charge in [-0.15, -0.1) is 0 Å². The number of hydrogen-bond acceptors (Lipinski definition) is 4. The summed E-state index contributed by atoms with van der Waals surface area (Å²) in [5.41, 5.74) is 0.720. The number of para-hydroxylation sites is 2. The molecule has 0 spiro atoms. The maximum Gasteiger partial charge on any atom is 0.344 e. The van der Waals surface area contributed by atoms with Crippen molar-refractivity contribution in [3.63, 3.8) is 0 Å². The van der Waals surface area contributed by atoms with Gasteiger partial charge in [0.15, 0.2) is 0 Å². The Morgan fingerprint density at radius 2 is 0.900 bits per heavy atom. The summed E-state index contributed by atoms with van der Waals surface area (Å²) in [6.45, 7) is 0. The number of carbonyl (C=O) groups excluding carboxylic acids is 2. The van der Waals surface area contributed by atoms with Crippen molar-refractivity contribution in [1.82, 2.24) is 0 Å². The second kappa shape index (κ2) is 8.81. The molecular weight excluding hydrogens is 512 g/mol. The average Bonchev–Trinajstić information content (AvgIpc) is 2.76. The number of carbonyl (C=O) groups is 2. The van der Waals surface area contributed by atoms with Crippen LogP contribution in [0, 0.1) is 0 Å². The molecule has 0 bridgehead atoms. The summed E-state index contributed by atoms with van der Waals surface area (Å²) in [6, 6.07) is 24.6. The molecule has 4 nitrogen and oxygen atoms in total. The Hall–Kier alpha value is -2.96. The van der Waals surface area contributed by atoms with E-state index in [2.05, 4.69) is 31.9 Å². The minimum Gasteiger partial charge on any atom is -0.422 e. The lowest BCUT2D eigenvalue weighted by atomic mass is 9.99. The number of ether oxygens (including phenoxy) is 2. The van der Waals surface area contributed by atoms with Crippen LogP contribution in [0.4, 0.5) is 0 Å². The first kappa shape index (κ1) is 20.3. The fourth-order valence-electron chi connectivity index (χ4n) is 3.02. The minimum atomic E-state index is -0.510. The number of benzene rings is 4. The third-order valence-electron chi connectivity index (χ3n) is 4.44. The lowest BCUT2D eigenvalue weighted by Crippen LogP contribution is -2.13. The van der Waals surface area contributed by atoms with E-state index in [0.29, 0.717) is 42.3 Å². The highest BCUT2D eigenvalue weighted by Crippen LogP contribution is 2.29. The maximum atomic E-state index is 12.8. The van der Waals surface area contributed by atoms with Crippen LogP contribution in [0.2, 0.25) is 0 Å². The Labute approximate surface area is 189 Å². The van der Waals surface area contributed by atoms with Crippen LogP contribution in [0.5, 0.6) is 11.5 Å². The van der Waals surface area contributed by atoms with Crippen molar-refractivity contribution in [2.24, 2.45) is 0 Å². The molecule has 0 aliphatic rings. The van der Waals surface area contributed by atoms with E-state index in [4.69, 9.17) is 9.47 Å². The lowest BCUT2D eigenvalue weighted by molar-refractivity contribution is 0.0722. The standard InChI is InChI=1S/C24H14Br2O4/c25-19-9-3-5-11-21(19)29-23(27)17-13-14-18(16-8-2-1-7-15(16)17)24(28)30-22-12-6-4-10-20(22)26/h1-14H. The highest BCUT2D eigenvalue weighted by atomic mass is 79.9. The molecule has 4 aromatic rings. The first-order chi connectivity index (χ1) is 14.5. The second-order valence-electron chi connectivity index (χ2n) is 6.35. The monoisotopic (exact) mass is 524 g/mol. The molecule has 0 aromatic heterocycles. The Morgan fingerprint density at radius 3 is 1.30 bits per heavy atom. The number of esters is 2. The van der Waals surface area contributed by atoms with Gasteiger partial charge in [-0.25, -0.2) is 9.59 Å². The third kappa shape index (κ3) is 4.15. The zero-order valence-electron chi connectivity index (χ0n) is 15.5. The molecule has 0 heterocycles. The van der Waals surface area contributed by atoms with Gasteiger partial charge in [0, 0.05) is 0 Å². The quantitative estimate of drug-likeness (QED) is 0.217. The molecule has 0 saturated carbocycles. The highest BCUT2D eigenvalue weighted by molar-refractivity contribution is 9.10. The first-order valence-electron chi connectivity index (χ1n) is 9.00. The van der Waals surface area contributed by atoms with Gasteiger partial charge in [0.1, 0.15) is 11.5 Å². The molecule has 4 aromatic carbocycles. The van der Waals surface area contributed by atoms with E-state index in [1.165, 1.54) is 0 Å². The molecule has 0 atom stereocenters. The van der Waals surface area contributed by atoms with Gasteiger partial charge in [-0.05, 0) is 79.0 Å². The predicted molar refractivity (Wildman–Crippen MR) is 122 cm³/mol. The highest BCUT2D eigenvalue weighted by Gasteiger charge is 2.19. The SMILES string of the molecule is O=C(Oc1ccccc1Br)c1ccc(C(=O)Oc2ccccc2Br)c2ccccc12. The van der Waals surface area contributed by atoms with Gasteiger partial charge in [-0.2, -0.15) is 0 Å². The molecule has 0 fully saturated rings. The molecule has 0 unspecified atom stereocenters. The molecule has 4 rings (SSSR count). The molecule has 148 valence electrons. The van der Waals surface area contributed by atoms with Crippen LogP contribution in [0.15, 0.2) is 93.9 Å². The van der Waals surface area contributed by atoms with Crippen LogP contribution in [-0.2, 0) is 0 Å². The van der Waals surface area contributed by atoms with E-state index >= 15 is 0 Å². The number of fused-ring (bicyclic) bond motifs is 1. The summed E-state index contributed by atoms with van der Waals surface area (Å²) in [4.78, 5) is 25.7. The van der Waals surface area contributed by atoms with Crippen LogP contribution in [0.3, 0.4) is 0 Å². The van der Waals surface area contributed by atoms with Crippen LogP contribution >= 0.6 is 31.9 Å². The zero-order valence-corrected chi connectivity index (χ0v) is 18.6. The second-order valence-corrected chi connectivity index (χ2v) is 8.05. The Balaban J connectivity index is 1.70. The molecular formula is C24H14Br2O4. The van der Waals surface area contributed by atoms with Gasteiger partial charge in [-0.1, -0.05) is 48.5 Å². The molecule has 0 radical (unpaired) electrons. The van der Waals surface area contributed by atoms with Gasteiger partial charge in [0.05, 0.1) is 20.1 Å². The third-order valence-corrected chi connectivity index (χ3v) is 5.75. The van der Waals surface area contributed by atoms with Crippen LogP contribution in [0.25, 0.3) is 10.8 Å². The van der Waals surface area contributed by atoms with E-state index in [1.54, 1.807) is 72.8 Å². The van der Waals surface area contributed by atoms with E-state index in [1.807, 2.05) is 12.1 Å². The van der Waals surface area contributed by atoms with E-state index < -0.39 is 11.9 Å². The topological polar surface area (TPSA) is 52.6 Å². The normalized spacial score (nSPS) is 10.6. The van der Waals surface area contributed by atoms with E-state index in [9.17, 15) is 9.59 Å². The number of halogens is 2. The molecule has 6 heteroatoms. The van der Waals surface area contributed by atoms with Gasteiger partial charge < -0.3 is 9.47 Å². The smallest absolute Gasteiger partial charge is 0.344 e. The number of rotatable bonds is 4. The van der Waals surface area contributed by atoms with Crippen molar-refractivity contribution in [2.45, 2.75) is 0 Å². The van der Waals surface area contributed by atoms with Crippen molar-refractivity contribution >= 4 is 54.6 Å². The summed E-state index contributed by atoms with van der Waals surface area (Å²) in [7, 11) is 0. The first-order valence-corrected chi connectivity index (χ1v) is 10.6. The lowest BCUT2D eigenvalue weighted by Gasteiger charge is -2.12. The maximum absolute atomic E-state index is 12.8. The van der Waals surface area contributed by atoms with Crippen molar-refractivity contribution in [3.8, 4) is 11.5 Å².